The molecule has 0 aliphatic heterocycles. The Kier molecular flexibility index (Phi) is 4.46. The molecule has 0 bridgehead atoms. The standard InChI is InChI=1S/C14H22N6/c1-14(2,10-15)11-19(3)9-13-16-17-18-20(13)12-7-5-4-6-8-12/h4-8H,9-11,15H2,1-3H3. The molecule has 0 saturated carbocycles. The molecule has 0 saturated heterocycles. The van der Waals surface area contributed by atoms with E-state index in [4.69, 9.17) is 5.73 Å². The SMILES string of the molecule is CN(Cc1nnnn1-c1ccccc1)CC(C)(C)CN. The molecule has 20 heavy (non-hydrogen) atoms. The average Bonchev–Trinajstić information content (AvgIpc) is 2.87. The predicted octanol–water partition coefficient (Wildman–Crippen LogP) is 1.08. The maximum Gasteiger partial charge on any atom is 0.170 e. The van der Waals surface area contributed by atoms with Gasteiger partial charge in [0.1, 0.15) is 0 Å². The summed E-state index contributed by atoms with van der Waals surface area (Å²) < 4.78 is 1.77. The Labute approximate surface area is 119 Å². The van der Waals surface area contributed by atoms with E-state index in [-0.39, 0.29) is 5.41 Å². The summed E-state index contributed by atoms with van der Waals surface area (Å²) in [6.45, 7) is 6.55. The van der Waals surface area contributed by atoms with Crippen LogP contribution in [-0.4, -0.2) is 45.2 Å². The fraction of sp³-hybridized carbons (Fsp3) is 0.500. The van der Waals surface area contributed by atoms with Gasteiger partial charge in [-0.3, -0.25) is 4.90 Å². The van der Waals surface area contributed by atoms with Gasteiger partial charge in [-0.2, -0.15) is 4.68 Å². The molecule has 0 amide bonds. The van der Waals surface area contributed by atoms with Gasteiger partial charge in [0.05, 0.1) is 12.2 Å². The summed E-state index contributed by atoms with van der Waals surface area (Å²) in [6, 6.07) is 9.90. The molecule has 0 atom stereocenters. The molecule has 6 nitrogen and oxygen atoms in total. The van der Waals surface area contributed by atoms with Crippen LogP contribution in [0, 0.1) is 5.41 Å². The van der Waals surface area contributed by atoms with Gasteiger partial charge in [0.15, 0.2) is 5.82 Å². The van der Waals surface area contributed by atoms with Crippen LogP contribution in [0.3, 0.4) is 0 Å². The first kappa shape index (κ1) is 14.6. The second-order valence-corrected chi connectivity index (χ2v) is 5.88. The van der Waals surface area contributed by atoms with Crippen molar-refractivity contribution < 1.29 is 0 Å². The van der Waals surface area contributed by atoms with Crippen molar-refractivity contribution in [3.8, 4) is 5.69 Å². The Bertz CT molecular complexity index is 534. The topological polar surface area (TPSA) is 72.9 Å². The number of para-hydroxylation sites is 1. The van der Waals surface area contributed by atoms with Crippen LogP contribution in [-0.2, 0) is 6.54 Å². The van der Waals surface area contributed by atoms with Crippen LogP contribution in [0.15, 0.2) is 30.3 Å². The number of tetrazole rings is 1. The van der Waals surface area contributed by atoms with Gasteiger partial charge in [-0.15, -0.1) is 5.10 Å². The van der Waals surface area contributed by atoms with Gasteiger partial charge in [-0.25, -0.2) is 0 Å². The van der Waals surface area contributed by atoms with Crippen LogP contribution < -0.4 is 5.73 Å². The summed E-state index contributed by atoms with van der Waals surface area (Å²) in [7, 11) is 2.06. The Hall–Kier alpha value is -1.79. The first-order chi connectivity index (χ1) is 9.52. The van der Waals surface area contributed by atoms with Gasteiger partial charge in [0.2, 0.25) is 0 Å². The number of benzene rings is 1. The fourth-order valence-corrected chi connectivity index (χ4v) is 2.17. The van der Waals surface area contributed by atoms with Crippen LogP contribution in [0.4, 0.5) is 0 Å². The van der Waals surface area contributed by atoms with Crippen molar-refractivity contribution in [2.45, 2.75) is 20.4 Å². The van der Waals surface area contributed by atoms with Crippen molar-refractivity contribution in [1.29, 1.82) is 0 Å². The molecule has 1 aromatic carbocycles. The van der Waals surface area contributed by atoms with Gasteiger partial charge >= 0.3 is 0 Å². The van der Waals surface area contributed by atoms with Gasteiger partial charge in [-0.05, 0) is 41.6 Å². The van der Waals surface area contributed by atoms with Crippen molar-refractivity contribution in [3.63, 3.8) is 0 Å². The first-order valence-corrected chi connectivity index (χ1v) is 6.73. The number of rotatable bonds is 6. The molecule has 0 aliphatic rings. The normalized spacial score (nSPS) is 12.1. The summed E-state index contributed by atoms with van der Waals surface area (Å²) in [5.74, 6) is 0.825. The van der Waals surface area contributed by atoms with E-state index >= 15 is 0 Å². The zero-order valence-electron chi connectivity index (χ0n) is 12.3. The molecule has 0 aliphatic carbocycles. The molecule has 108 valence electrons. The highest BCUT2D eigenvalue weighted by Crippen LogP contribution is 2.15. The van der Waals surface area contributed by atoms with E-state index in [2.05, 4.69) is 41.3 Å². The third-order valence-corrected chi connectivity index (χ3v) is 3.20. The Balaban J connectivity index is 2.10. The summed E-state index contributed by atoms with van der Waals surface area (Å²) >= 11 is 0. The summed E-state index contributed by atoms with van der Waals surface area (Å²) in [4.78, 5) is 2.19. The summed E-state index contributed by atoms with van der Waals surface area (Å²) in [5, 5.41) is 12.0. The maximum atomic E-state index is 5.78. The van der Waals surface area contributed by atoms with E-state index in [0.717, 1.165) is 18.1 Å². The largest absolute Gasteiger partial charge is 0.330 e. The van der Waals surface area contributed by atoms with E-state index in [1.807, 2.05) is 30.3 Å². The fourth-order valence-electron chi connectivity index (χ4n) is 2.17. The van der Waals surface area contributed by atoms with E-state index < -0.39 is 0 Å². The molecule has 6 heteroatoms. The third kappa shape index (κ3) is 3.61. The van der Waals surface area contributed by atoms with Crippen molar-refractivity contribution >= 4 is 0 Å². The summed E-state index contributed by atoms with van der Waals surface area (Å²) in [6.07, 6.45) is 0. The number of nitrogens with two attached hydrogens (primary N) is 1. The third-order valence-electron chi connectivity index (χ3n) is 3.20. The molecular formula is C14H22N6. The van der Waals surface area contributed by atoms with E-state index in [1.165, 1.54) is 0 Å². The molecule has 1 heterocycles. The number of hydrogen-bond acceptors (Lipinski definition) is 5. The van der Waals surface area contributed by atoms with Gasteiger partial charge in [0, 0.05) is 6.54 Å². The summed E-state index contributed by atoms with van der Waals surface area (Å²) in [5.41, 5.74) is 6.83. The second kappa shape index (κ2) is 6.11. The van der Waals surface area contributed by atoms with E-state index in [1.54, 1.807) is 4.68 Å². The zero-order valence-corrected chi connectivity index (χ0v) is 12.3. The quantitative estimate of drug-likeness (QED) is 0.853. The Morgan fingerprint density at radius 3 is 2.60 bits per heavy atom. The number of nitrogens with zero attached hydrogens (tertiary/aromatic N) is 5. The molecule has 2 N–H and O–H groups in total. The van der Waals surface area contributed by atoms with Gasteiger partial charge < -0.3 is 5.73 Å². The van der Waals surface area contributed by atoms with Crippen molar-refractivity contribution in [3.05, 3.63) is 36.2 Å². The van der Waals surface area contributed by atoms with Crippen molar-refractivity contribution in [2.24, 2.45) is 11.1 Å². The highest BCUT2D eigenvalue weighted by Gasteiger charge is 2.19. The number of aromatic nitrogens is 4. The average molecular weight is 274 g/mol. The van der Waals surface area contributed by atoms with Crippen LogP contribution in [0.5, 0.6) is 0 Å². The molecule has 0 unspecified atom stereocenters. The lowest BCUT2D eigenvalue weighted by Gasteiger charge is -2.28. The van der Waals surface area contributed by atoms with Crippen LogP contribution in [0.1, 0.15) is 19.7 Å². The Morgan fingerprint density at radius 2 is 1.95 bits per heavy atom. The van der Waals surface area contributed by atoms with Crippen LogP contribution >= 0.6 is 0 Å². The Morgan fingerprint density at radius 1 is 1.25 bits per heavy atom. The van der Waals surface area contributed by atoms with Crippen LogP contribution in [0.25, 0.3) is 5.69 Å². The lowest BCUT2D eigenvalue weighted by atomic mass is 9.93. The number of hydrogen-bond donors (Lipinski definition) is 1. The predicted molar refractivity (Wildman–Crippen MR) is 78.3 cm³/mol. The minimum atomic E-state index is 0.0831. The molecule has 2 aromatic rings. The van der Waals surface area contributed by atoms with Crippen molar-refractivity contribution in [1.82, 2.24) is 25.1 Å². The zero-order chi connectivity index (χ0) is 14.6. The first-order valence-electron chi connectivity index (χ1n) is 6.73. The molecule has 2 rings (SSSR count). The lowest BCUT2D eigenvalue weighted by molar-refractivity contribution is 0.205. The van der Waals surface area contributed by atoms with E-state index in [0.29, 0.717) is 13.1 Å². The molecule has 0 spiro atoms. The van der Waals surface area contributed by atoms with Crippen molar-refractivity contribution in [2.75, 3.05) is 20.1 Å². The smallest absolute Gasteiger partial charge is 0.170 e. The minimum absolute atomic E-state index is 0.0831. The van der Waals surface area contributed by atoms with E-state index in [9.17, 15) is 0 Å². The lowest BCUT2D eigenvalue weighted by Crippen LogP contribution is -2.36. The highest BCUT2D eigenvalue weighted by atomic mass is 15.5. The highest BCUT2D eigenvalue weighted by molar-refractivity contribution is 5.30. The molecule has 1 aromatic heterocycles. The van der Waals surface area contributed by atoms with Crippen LogP contribution in [0.2, 0.25) is 0 Å². The van der Waals surface area contributed by atoms with Gasteiger partial charge in [-0.1, -0.05) is 32.0 Å². The van der Waals surface area contributed by atoms with Gasteiger partial charge in [0.25, 0.3) is 0 Å². The second-order valence-electron chi connectivity index (χ2n) is 5.88. The maximum absolute atomic E-state index is 5.78. The molecular weight excluding hydrogens is 252 g/mol. The minimum Gasteiger partial charge on any atom is -0.330 e. The molecule has 0 fully saturated rings. The molecule has 0 radical (unpaired) electrons. The monoisotopic (exact) mass is 274 g/mol.